The van der Waals surface area contributed by atoms with Gasteiger partial charge in [0.2, 0.25) is 0 Å². The van der Waals surface area contributed by atoms with E-state index in [1.165, 1.54) is 6.92 Å². The van der Waals surface area contributed by atoms with Gasteiger partial charge in [-0.2, -0.15) is 13.2 Å². The van der Waals surface area contributed by atoms with Gasteiger partial charge in [0, 0.05) is 19.0 Å². The van der Waals surface area contributed by atoms with Gasteiger partial charge in [0.1, 0.15) is 17.5 Å². The molecular weight excluding hydrogens is 476 g/mol. The maximum absolute atomic E-state index is 15.1. The minimum Gasteiger partial charge on any atom is -0.484 e. The first-order chi connectivity index (χ1) is 16.5. The third kappa shape index (κ3) is 6.11. The zero-order valence-electron chi connectivity index (χ0n) is 19.4. The van der Waals surface area contributed by atoms with Crippen LogP contribution in [0.25, 0.3) is 0 Å². The highest BCUT2D eigenvalue weighted by Crippen LogP contribution is 2.38. The van der Waals surface area contributed by atoms with Crippen molar-refractivity contribution in [2.45, 2.75) is 57.0 Å². The minimum absolute atomic E-state index is 0.0153. The molecule has 0 bridgehead atoms. The van der Waals surface area contributed by atoms with Gasteiger partial charge in [-0.3, -0.25) is 4.90 Å². The average molecular weight is 506 g/mol. The fraction of sp³-hybridized carbons (Fsp3) is 0.625. The zero-order valence-corrected chi connectivity index (χ0v) is 19.4. The van der Waals surface area contributed by atoms with E-state index in [4.69, 9.17) is 9.57 Å². The molecule has 1 unspecified atom stereocenters. The summed E-state index contributed by atoms with van der Waals surface area (Å²) in [6, 6.07) is 2.04. The van der Waals surface area contributed by atoms with Gasteiger partial charge in [0.25, 0.3) is 0 Å². The predicted octanol–water partition coefficient (Wildman–Crippen LogP) is 5.21. The number of allylic oxidation sites excluding steroid dienone is 1. The molecule has 1 aromatic carbocycles. The summed E-state index contributed by atoms with van der Waals surface area (Å²) in [5, 5.41) is 6.34. The summed E-state index contributed by atoms with van der Waals surface area (Å²) in [5.74, 6) is -2.83. The van der Waals surface area contributed by atoms with Crippen molar-refractivity contribution in [3.63, 3.8) is 0 Å². The SMILES string of the molecule is CC1CC=C(CN2CCC(Oc3c(F)cc(C4(F)CCNCC4)cc3F)CC2)ON=C1C(F)(F)F. The predicted molar refractivity (Wildman–Crippen MR) is 118 cm³/mol. The number of nitrogens with zero attached hydrogens (tertiary/aromatic N) is 2. The third-order valence-electron chi connectivity index (χ3n) is 6.83. The Hall–Kier alpha value is -2.27. The van der Waals surface area contributed by atoms with E-state index in [0.29, 0.717) is 44.8 Å². The van der Waals surface area contributed by atoms with Gasteiger partial charge in [-0.1, -0.05) is 12.1 Å². The molecule has 5 nitrogen and oxygen atoms in total. The highest BCUT2D eigenvalue weighted by molar-refractivity contribution is 5.91. The quantitative estimate of drug-likeness (QED) is 0.558. The molecule has 4 rings (SSSR count). The van der Waals surface area contributed by atoms with Crippen molar-refractivity contribution in [3.05, 3.63) is 41.2 Å². The fourth-order valence-electron chi connectivity index (χ4n) is 4.69. The number of rotatable bonds is 5. The molecule has 11 heteroatoms. The molecule has 0 amide bonds. The number of halogens is 6. The lowest BCUT2D eigenvalue weighted by Crippen LogP contribution is -2.39. The van der Waals surface area contributed by atoms with E-state index in [0.717, 1.165) is 12.1 Å². The van der Waals surface area contributed by atoms with Crippen molar-refractivity contribution in [3.8, 4) is 5.75 Å². The van der Waals surface area contributed by atoms with E-state index in [1.807, 2.05) is 4.90 Å². The summed E-state index contributed by atoms with van der Waals surface area (Å²) in [6.45, 7) is 3.60. The van der Waals surface area contributed by atoms with Crippen molar-refractivity contribution in [2.24, 2.45) is 11.1 Å². The topological polar surface area (TPSA) is 46.1 Å². The van der Waals surface area contributed by atoms with Gasteiger partial charge >= 0.3 is 6.18 Å². The number of alkyl halides is 4. The Morgan fingerprint density at radius 3 is 2.37 bits per heavy atom. The molecule has 3 aliphatic rings. The summed E-state index contributed by atoms with van der Waals surface area (Å²) in [4.78, 5) is 7.02. The molecule has 0 aliphatic carbocycles. The van der Waals surface area contributed by atoms with Crippen molar-refractivity contribution in [1.82, 2.24) is 10.2 Å². The molecule has 3 heterocycles. The van der Waals surface area contributed by atoms with Gasteiger partial charge in [0.05, 0.1) is 6.54 Å². The summed E-state index contributed by atoms with van der Waals surface area (Å²) in [6.07, 6.45) is -2.00. The van der Waals surface area contributed by atoms with Crippen molar-refractivity contribution < 1.29 is 35.9 Å². The van der Waals surface area contributed by atoms with E-state index >= 15 is 4.39 Å². The lowest BCUT2D eigenvalue weighted by Gasteiger charge is -2.33. The van der Waals surface area contributed by atoms with Crippen LogP contribution in [-0.2, 0) is 10.5 Å². The fourth-order valence-corrected chi connectivity index (χ4v) is 4.69. The van der Waals surface area contributed by atoms with Gasteiger partial charge < -0.3 is 14.9 Å². The number of nitrogens with one attached hydrogen (secondary N) is 1. The van der Waals surface area contributed by atoms with Crippen LogP contribution in [0.3, 0.4) is 0 Å². The van der Waals surface area contributed by atoms with Crippen LogP contribution in [0.1, 0.15) is 44.6 Å². The smallest absolute Gasteiger partial charge is 0.433 e. The number of benzene rings is 1. The van der Waals surface area contributed by atoms with Gasteiger partial charge in [-0.05, 0) is 69.0 Å². The maximum Gasteiger partial charge on any atom is 0.433 e. The summed E-state index contributed by atoms with van der Waals surface area (Å²) >= 11 is 0. The number of oxime groups is 1. The Morgan fingerprint density at radius 1 is 1.14 bits per heavy atom. The number of piperidine rings is 2. The molecule has 1 N–H and O–H groups in total. The number of hydrogen-bond acceptors (Lipinski definition) is 5. The lowest BCUT2D eigenvalue weighted by molar-refractivity contribution is -0.0651. The van der Waals surface area contributed by atoms with Crippen LogP contribution in [0.15, 0.2) is 29.1 Å². The Kier molecular flexibility index (Phi) is 7.65. The summed E-state index contributed by atoms with van der Waals surface area (Å²) < 4.78 is 89.2. The molecule has 3 aliphatic heterocycles. The summed E-state index contributed by atoms with van der Waals surface area (Å²) in [7, 11) is 0. The average Bonchev–Trinajstić information content (AvgIpc) is 2.99. The maximum atomic E-state index is 15.1. The van der Waals surface area contributed by atoms with Crippen LogP contribution in [0.5, 0.6) is 5.75 Å². The third-order valence-corrected chi connectivity index (χ3v) is 6.83. The molecule has 2 saturated heterocycles. The molecule has 0 spiro atoms. The molecule has 2 fully saturated rings. The Balaban J connectivity index is 1.32. The second kappa shape index (κ2) is 10.4. The Bertz CT molecular complexity index is 943. The highest BCUT2D eigenvalue weighted by atomic mass is 19.4. The van der Waals surface area contributed by atoms with Crippen molar-refractivity contribution in [2.75, 3.05) is 32.7 Å². The number of ether oxygens (including phenoxy) is 1. The van der Waals surface area contributed by atoms with Crippen LogP contribution >= 0.6 is 0 Å². The second-order valence-electron chi connectivity index (χ2n) is 9.45. The van der Waals surface area contributed by atoms with Crippen LogP contribution in [-0.4, -0.2) is 55.6 Å². The summed E-state index contributed by atoms with van der Waals surface area (Å²) in [5.41, 5.74) is -2.72. The molecular formula is C24H29F6N3O2. The van der Waals surface area contributed by atoms with E-state index < -0.39 is 47.0 Å². The van der Waals surface area contributed by atoms with Crippen molar-refractivity contribution in [1.29, 1.82) is 0 Å². The highest BCUT2D eigenvalue weighted by Gasteiger charge is 2.41. The van der Waals surface area contributed by atoms with Gasteiger partial charge in [-0.25, -0.2) is 13.2 Å². The second-order valence-corrected chi connectivity index (χ2v) is 9.45. The molecule has 0 saturated carbocycles. The van der Waals surface area contributed by atoms with E-state index in [9.17, 15) is 22.0 Å². The van der Waals surface area contributed by atoms with Gasteiger partial charge in [-0.15, -0.1) is 0 Å². The van der Waals surface area contributed by atoms with E-state index in [1.54, 1.807) is 6.08 Å². The Morgan fingerprint density at radius 2 is 1.77 bits per heavy atom. The molecule has 194 valence electrons. The molecule has 1 aromatic rings. The first kappa shape index (κ1) is 25.8. The largest absolute Gasteiger partial charge is 0.484 e. The lowest BCUT2D eigenvalue weighted by atomic mass is 9.86. The van der Waals surface area contributed by atoms with Crippen molar-refractivity contribution >= 4 is 5.71 Å². The van der Waals surface area contributed by atoms with Crippen LogP contribution in [0.2, 0.25) is 0 Å². The molecule has 1 atom stereocenters. The van der Waals surface area contributed by atoms with Crippen LogP contribution < -0.4 is 10.1 Å². The van der Waals surface area contributed by atoms with Gasteiger partial charge in [0.15, 0.2) is 23.1 Å². The minimum atomic E-state index is -4.54. The van der Waals surface area contributed by atoms with E-state index in [2.05, 4.69) is 10.5 Å². The molecule has 0 radical (unpaired) electrons. The monoisotopic (exact) mass is 505 g/mol. The molecule has 35 heavy (non-hydrogen) atoms. The van der Waals surface area contributed by atoms with Crippen LogP contribution in [0, 0.1) is 17.6 Å². The van der Waals surface area contributed by atoms with Crippen LogP contribution in [0.4, 0.5) is 26.3 Å². The normalized spacial score (nSPS) is 24.3. The standard InChI is InChI=1S/C24H29F6N3O2/c1-15-2-3-18(35-32-22(15)24(28,29)30)14-33-10-4-17(5-11-33)34-21-19(25)12-16(13-20(21)26)23(27)6-8-31-9-7-23/h3,12-13,15,17,31H,2,4-11,14H2,1H3. The zero-order chi connectivity index (χ0) is 25.2. The Labute approximate surface area is 200 Å². The van der Waals surface area contributed by atoms with E-state index in [-0.39, 0.29) is 31.4 Å². The first-order valence-corrected chi connectivity index (χ1v) is 11.8. The number of hydrogen-bond donors (Lipinski definition) is 1. The first-order valence-electron chi connectivity index (χ1n) is 11.8. The molecule has 0 aromatic heterocycles. The number of likely N-dealkylation sites (tertiary alicyclic amines) is 1.